The van der Waals surface area contributed by atoms with E-state index in [0.717, 1.165) is 11.1 Å². The van der Waals surface area contributed by atoms with Gasteiger partial charge in [0.25, 0.3) is 0 Å². The first-order valence-corrected chi connectivity index (χ1v) is 9.47. The van der Waals surface area contributed by atoms with Crippen LogP contribution in [0.4, 0.5) is 0 Å². The maximum absolute atomic E-state index is 11.3. The average Bonchev–Trinajstić information content (AvgIpc) is 2.61. The summed E-state index contributed by atoms with van der Waals surface area (Å²) in [5.41, 5.74) is 2.50. The van der Waals surface area contributed by atoms with Crippen LogP contribution in [0, 0.1) is 6.92 Å². The molecular weight excluding hydrogens is 426 g/mol. The molecule has 28 heavy (non-hydrogen) atoms. The lowest BCUT2D eigenvalue weighted by molar-refractivity contribution is -0.134. The average molecular weight is 448 g/mol. The van der Waals surface area contributed by atoms with Crippen molar-refractivity contribution in [2.75, 3.05) is 6.61 Å². The highest BCUT2D eigenvalue weighted by atomic mass is 79.9. The van der Waals surface area contributed by atoms with Crippen LogP contribution in [0.5, 0.6) is 11.5 Å². The molecule has 2 N–H and O–H groups in total. The number of ether oxygens (including phenoxy) is 2. The third-order valence-corrected chi connectivity index (χ3v) is 4.41. The Morgan fingerprint density at radius 3 is 2.54 bits per heavy atom. The number of hydrogen-bond acceptors (Lipinski definition) is 4. The van der Waals surface area contributed by atoms with Gasteiger partial charge < -0.3 is 19.9 Å². The molecule has 2 rings (SSSR count). The Labute approximate surface area is 172 Å². The van der Waals surface area contributed by atoms with Crippen molar-refractivity contribution < 1.29 is 24.2 Å². The maximum Gasteiger partial charge on any atom is 0.352 e. The number of carboxylic acid groups (broad SMARTS) is 1. The second kappa shape index (κ2) is 9.94. The zero-order valence-electron chi connectivity index (χ0n) is 15.9. The number of halogens is 1. The number of hydrogen-bond donors (Lipinski definition) is 2. The zero-order chi connectivity index (χ0) is 20.7. The van der Waals surface area contributed by atoms with Gasteiger partial charge in [-0.15, -0.1) is 0 Å². The van der Waals surface area contributed by atoms with Gasteiger partial charge in [0.1, 0.15) is 12.3 Å². The van der Waals surface area contributed by atoms with Gasteiger partial charge in [-0.2, -0.15) is 0 Å². The molecule has 0 saturated heterocycles. The monoisotopic (exact) mass is 447 g/mol. The van der Waals surface area contributed by atoms with Gasteiger partial charge in [0.15, 0.2) is 11.5 Å². The van der Waals surface area contributed by atoms with Gasteiger partial charge in [0.05, 0.1) is 11.1 Å². The summed E-state index contributed by atoms with van der Waals surface area (Å²) in [5, 5.41) is 11.6. The molecule has 0 bridgehead atoms. The van der Waals surface area contributed by atoms with Crippen LogP contribution in [0.15, 0.2) is 46.6 Å². The van der Waals surface area contributed by atoms with Gasteiger partial charge in [0, 0.05) is 6.92 Å². The van der Waals surface area contributed by atoms with Crippen molar-refractivity contribution in [1.82, 2.24) is 5.32 Å². The molecule has 0 spiro atoms. The summed E-state index contributed by atoms with van der Waals surface area (Å²) in [6.07, 6.45) is 1.36. The van der Waals surface area contributed by atoms with Gasteiger partial charge in [0.2, 0.25) is 5.91 Å². The van der Waals surface area contributed by atoms with Crippen molar-refractivity contribution in [1.29, 1.82) is 0 Å². The summed E-state index contributed by atoms with van der Waals surface area (Å²) in [6, 6.07) is 11.3. The molecule has 0 unspecified atom stereocenters. The normalized spacial score (nSPS) is 11.1. The molecule has 0 fully saturated rings. The third-order valence-electron chi connectivity index (χ3n) is 3.82. The lowest BCUT2D eigenvalue weighted by Crippen LogP contribution is -2.24. The van der Waals surface area contributed by atoms with E-state index in [4.69, 9.17) is 9.47 Å². The molecule has 0 aromatic heterocycles. The van der Waals surface area contributed by atoms with Crippen LogP contribution >= 0.6 is 15.9 Å². The summed E-state index contributed by atoms with van der Waals surface area (Å²) in [5.74, 6) is -0.692. The molecule has 0 saturated carbocycles. The highest BCUT2D eigenvalue weighted by molar-refractivity contribution is 9.10. The Hall–Kier alpha value is -2.80. The van der Waals surface area contributed by atoms with Crippen LogP contribution in [-0.2, 0) is 16.2 Å². The van der Waals surface area contributed by atoms with Crippen LogP contribution in [0.1, 0.15) is 30.5 Å². The topological polar surface area (TPSA) is 84.9 Å². The smallest absolute Gasteiger partial charge is 0.352 e. The highest BCUT2D eigenvalue weighted by Crippen LogP contribution is 2.38. The minimum atomic E-state index is -1.23. The minimum absolute atomic E-state index is 0.226. The number of carboxylic acids is 1. The van der Waals surface area contributed by atoms with Crippen LogP contribution in [0.2, 0.25) is 0 Å². The molecule has 0 atom stereocenters. The second-order valence-electron chi connectivity index (χ2n) is 6.02. The van der Waals surface area contributed by atoms with E-state index in [0.29, 0.717) is 34.7 Å². The zero-order valence-corrected chi connectivity index (χ0v) is 17.5. The molecule has 0 aliphatic carbocycles. The van der Waals surface area contributed by atoms with E-state index in [1.807, 2.05) is 38.1 Å². The quantitative estimate of drug-likeness (QED) is 0.589. The maximum atomic E-state index is 11.3. The molecule has 0 heterocycles. The van der Waals surface area contributed by atoms with E-state index in [-0.39, 0.29) is 5.70 Å². The van der Waals surface area contributed by atoms with Crippen molar-refractivity contribution in [3.63, 3.8) is 0 Å². The number of carbonyl (C=O) groups is 2. The standard InChI is InChI=1S/C21H22BrNO5/c1-4-27-19-11-15(10-18(21(25)26)23-14(3)24)9-17(22)20(19)28-12-16-8-6-5-7-13(16)2/h5-11H,4,12H2,1-3H3,(H,23,24)(H,25,26). The predicted molar refractivity (Wildman–Crippen MR) is 110 cm³/mol. The van der Waals surface area contributed by atoms with Crippen molar-refractivity contribution in [2.45, 2.75) is 27.4 Å². The fourth-order valence-corrected chi connectivity index (χ4v) is 3.08. The largest absolute Gasteiger partial charge is 0.490 e. The first kappa shape index (κ1) is 21.5. The lowest BCUT2D eigenvalue weighted by atomic mass is 10.1. The van der Waals surface area contributed by atoms with Gasteiger partial charge in [-0.05, 0) is 64.7 Å². The van der Waals surface area contributed by atoms with Gasteiger partial charge >= 0.3 is 5.97 Å². The highest BCUT2D eigenvalue weighted by Gasteiger charge is 2.15. The molecule has 7 heteroatoms. The minimum Gasteiger partial charge on any atom is -0.490 e. The Balaban J connectivity index is 2.36. The number of nitrogens with one attached hydrogen (secondary N) is 1. The molecule has 2 aromatic carbocycles. The molecule has 0 aliphatic rings. The van der Waals surface area contributed by atoms with Gasteiger partial charge in [-0.25, -0.2) is 4.79 Å². The molecule has 0 aliphatic heterocycles. The summed E-state index contributed by atoms with van der Waals surface area (Å²) >= 11 is 3.47. The number of benzene rings is 2. The third kappa shape index (κ3) is 5.85. The summed E-state index contributed by atoms with van der Waals surface area (Å²) in [6.45, 7) is 5.90. The summed E-state index contributed by atoms with van der Waals surface area (Å²) in [7, 11) is 0. The molecule has 148 valence electrons. The Bertz CT molecular complexity index is 908. The number of rotatable bonds is 8. The van der Waals surface area contributed by atoms with E-state index in [1.54, 1.807) is 12.1 Å². The van der Waals surface area contributed by atoms with Crippen LogP contribution in [-0.4, -0.2) is 23.6 Å². The van der Waals surface area contributed by atoms with E-state index >= 15 is 0 Å². The first-order valence-electron chi connectivity index (χ1n) is 8.68. The summed E-state index contributed by atoms with van der Waals surface area (Å²) < 4.78 is 12.3. The van der Waals surface area contributed by atoms with Crippen molar-refractivity contribution >= 4 is 33.9 Å². The van der Waals surface area contributed by atoms with Gasteiger partial charge in [-0.3, -0.25) is 4.79 Å². The molecular formula is C21H22BrNO5. The predicted octanol–water partition coefficient (Wildman–Crippen LogP) is 4.30. The van der Waals surface area contributed by atoms with E-state index < -0.39 is 11.9 Å². The Kier molecular flexibility index (Phi) is 7.63. The van der Waals surface area contributed by atoms with E-state index in [2.05, 4.69) is 21.2 Å². The van der Waals surface area contributed by atoms with Gasteiger partial charge in [-0.1, -0.05) is 24.3 Å². The number of amides is 1. The molecule has 2 aromatic rings. The fourth-order valence-electron chi connectivity index (χ4n) is 2.50. The molecule has 1 amide bonds. The number of aliphatic carboxylic acids is 1. The second-order valence-corrected chi connectivity index (χ2v) is 6.88. The molecule has 6 nitrogen and oxygen atoms in total. The van der Waals surface area contributed by atoms with Crippen molar-refractivity contribution in [3.05, 3.63) is 63.3 Å². The first-order chi connectivity index (χ1) is 13.3. The van der Waals surface area contributed by atoms with E-state index in [9.17, 15) is 14.7 Å². The van der Waals surface area contributed by atoms with Crippen molar-refractivity contribution in [2.24, 2.45) is 0 Å². The lowest BCUT2D eigenvalue weighted by Gasteiger charge is -2.16. The van der Waals surface area contributed by atoms with E-state index in [1.165, 1.54) is 13.0 Å². The fraction of sp³-hybridized carbons (Fsp3) is 0.238. The molecule has 0 radical (unpaired) electrons. The Morgan fingerprint density at radius 2 is 1.93 bits per heavy atom. The number of carbonyl (C=O) groups excluding carboxylic acids is 1. The SMILES string of the molecule is CCOc1cc(C=C(NC(C)=O)C(=O)O)cc(Br)c1OCc1ccccc1C. The number of aryl methyl sites for hydroxylation is 1. The Morgan fingerprint density at radius 1 is 1.21 bits per heavy atom. The van der Waals surface area contributed by atoms with Crippen LogP contribution < -0.4 is 14.8 Å². The summed E-state index contributed by atoms with van der Waals surface area (Å²) in [4.78, 5) is 22.6. The van der Waals surface area contributed by atoms with Crippen LogP contribution in [0.3, 0.4) is 0 Å². The van der Waals surface area contributed by atoms with Crippen LogP contribution in [0.25, 0.3) is 6.08 Å². The van der Waals surface area contributed by atoms with Crippen molar-refractivity contribution in [3.8, 4) is 11.5 Å².